The Labute approximate surface area is 128 Å². The highest BCUT2D eigenvalue weighted by molar-refractivity contribution is 6.29. The van der Waals surface area contributed by atoms with Gasteiger partial charge in [0.2, 0.25) is 0 Å². The summed E-state index contributed by atoms with van der Waals surface area (Å²) in [5, 5.41) is 3.04. The number of nitrogens with one attached hydrogen (secondary N) is 1. The molecule has 0 radical (unpaired) electrons. The molecule has 1 heterocycles. The monoisotopic (exact) mass is 320 g/mol. The molecule has 1 aromatic rings. The molecule has 1 fully saturated rings. The highest BCUT2D eigenvalue weighted by Crippen LogP contribution is 2.35. The molecule has 1 aromatic heterocycles. The smallest absolute Gasteiger partial charge is 0.367 e. The van der Waals surface area contributed by atoms with Gasteiger partial charge in [-0.25, -0.2) is 4.98 Å². The van der Waals surface area contributed by atoms with Crippen molar-refractivity contribution in [2.75, 3.05) is 5.32 Å². The average molecular weight is 321 g/mol. The normalized spacial score (nSPS) is 23.4. The summed E-state index contributed by atoms with van der Waals surface area (Å²) >= 11 is 5.72. The summed E-state index contributed by atoms with van der Waals surface area (Å²) in [6.07, 6.45) is -0.0845. The van der Waals surface area contributed by atoms with Crippen LogP contribution in [0.3, 0.4) is 0 Å². The van der Waals surface area contributed by atoms with Crippen molar-refractivity contribution in [3.05, 3.63) is 22.8 Å². The Balaban J connectivity index is 2.20. The van der Waals surface area contributed by atoms with Crippen LogP contribution >= 0.6 is 11.6 Å². The van der Waals surface area contributed by atoms with E-state index in [1.165, 1.54) is 6.42 Å². The van der Waals surface area contributed by atoms with Crippen molar-refractivity contribution in [1.82, 2.24) is 4.98 Å². The largest absolute Gasteiger partial charge is 0.416 e. The molecule has 1 aliphatic carbocycles. The number of halogens is 4. The predicted octanol–water partition coefficient (Wildman–Crippen LogP) is 5.38. The van der Waals surface area contributed by atoms with Crippen molar-refractivity contribution in [3.8, 4) is 0 Å². The Morgan fingerprint density at radius 3 is 2.52 bits per heavy atom. The Hall–Kier alpha value is -0.970. The summed E-state index contributed by atoms with van der Waals surface area (Å²) in [5.74, 6) is 1.16. The third-order valence-electron chi connectivity index (χ3n) is 4.13. The minimum atomic E-state index is -4.41. The van der Waals surface area contributed by atoms with Gasteiger partial charge in [-0.05, 0) is 36.8 Å². The van der Waals surface area contributed by atoms with Crippen LogP contribution in [-0.4, -0.2) is 11.0 Å². The zero-order valence-corrected chi connectivity index (χ0v) is 12.9. The number of hydrogen-bond donors (Lipinski definition) is 1. The van der Waals surface area contributed by atoms with E-state index in [0.717, 1.165) is 31.4 Å². The van der Waals surface area contributed by atoms with E-state index >= 15 is 0 Å². The Morgan fingerprint density at radius 2 is 1.90 bits per heavy atom. The number of alkyl halides is 3. The summed E-state index contributed by atoms with van der Waals surface area (Å²) in [4.78, 5) is 3.99. The van der Waals surface area contributed by atoms with E-state index in [0.29, 0.717) is 11.8 Å². The maximum Gasteiger partial charge on any atom is 0.416 e. The summed E-state index contributed by atoms with van der Waals surface area (Å²) in [7, 11) is 0. The number of rotatable bonds is 3. The minimum absolute atomic E-state index is 0.135. The second kappa shape index (κ2) is 6.42. The summed E-state index contributed by atoms with van der Waals surface area (Å²) in [5.41, 5.74) is -0.762. The average Bonchev–Trinajstić information content (AvgIpc) is 2.37. The lowest BCUT2D eigenvalue weighted by Gasteiger charge is -2.35. The van der Waals surface area contributed by atoms with Crippen molar-refractivity contribution in [2.45, 2.75) is 51.7 Å². The fourth-order valence-electron chi connectivity index (χ4n) is 3.06. The highest BCUT2D eigenvalue weighted by atomic mass is 35.5. The van der Waals surface area contributed by atoms with Crippen LogP contribution in [0.1, 0.15) is 45.1 Å². The third kappa shape index (κ3) is 4.25. The van der Waals surface area contributed by atoms with Gasteiger partial charge in [-0.1, -0.05) is 38.3 Å². The SMILES string of the molecule is CC(C)C1CCCCC1Nc1cc(C(F)(F)F)cc(Cl)n1. The quantitative estimate of drug-likeness (QED) is 0.756. The molecule has 0 saturated heterocycles. The van der Waals surface area contributed by atoms with E-state index in [4.69, 9.17) is 11.6 Å². The molecule has 2 rings (SSSR count). The number of aromatic nitrogens is 1. The van der Waals surface area contributed by atoms with Crippen LogP contribution in [0.5, 0.6) is 0 Å². The van der Waals surface area contributed by atoms with Crippen LogP contribution in [-0.2, 0) is 6.18 Å². The van der Waals surface area contributed by atoms with Crippen molar-refractivity contribution < 1.29 is 13.2 Å². The fraction of sp³-hybridized carbons (Fsp3) is 0.667. The van der Waals surface area contributed by atoms with E-state index in [1.54, 1.807) is 0 Å². The second-order valence-corrected chi connectivity index (χ2v) is 6.39. The van der Waals surface area contributed by atoms with Crippen LogP contribution in [0.2, 0.25) is 5.15 Å². The minimum Gasteiger partial charge on any atom is -0.367 e. The molecule has 21 heavy (non-hydrogen) atoms. The molecule has 2 nitrogen and oxygen atoms in total. The first kappa shape index (κ1) is 16.4. The lowest BCUT2D eigenvalue weighted by Crippen LogP contribution is -2.35. The molecule has 2 unspecified atom stereocenters. The highest BCUT2D eigenvalue weighted by Gasteiger charge is 2.32. The van der Waals surface area contributed by atoms with Gasteiger partial charge in [-0.15, -0.1) is 0 Å². The Bertz CT molecular complexity index is 488. The molecule has 0 aromatic carbocycles. The molecule has 2 atom stereocenters. The van der Waals surface area contributed by atoms with Crippen molar-refractivity contribution in [1.29, 1.82) is 0 Å². The number of pyridine rings is 1. The number of nitrogens with zero attached hydrogens (tertiary/aromatic N) is 1. The van der Waals surface area contributed by atoms with E-state index < -0.39 is 11.7 Å². The van der Waals surface area contributed by atoms with Gasteiger partial charge in [0.25, 0.3) is 0 Å². The standard InChI is InChI=1S/C15H20ClF3N2/c1-9(2)11-5-3-4-6-12(11)20-14-8-10(15(17,18)19)7-13(16)21-14/h7-9,11-12H,3-6H2,1-2H3,(H,20,21). The lowest BCUT2D eigenvalue weighted by molar-refractivity contribution is -0.137. The van der Waals surface area contributed by atoms with Gasteiger partial charge in [0.15, 0.2) is 0 Å². The molecule has 0 bridgehead atoms. The van der Waals surface area contributed by atoms with Crippen LogP contribution in [0.25, 0.3) is 0 Å². The van der Waals surface area contributed by atoms with Crippen LogP contribution in [0.15, 0.2) is 12.1 Å². The first-order valence-corrected chi connectivity index (χ1v) is 7.66. The molecule has 118 valence electrons. The maximum atomic E-state index is 12.8. The summed E-state index contributed by atoms with van der Waals surface area (Å²) < 4.78 is 38.5. The van der Waals surface area contributed by atoms with Gasteiger partial charge in [0, 0.05) is 6.04 Å². The lowest BCUT2D eigenvalue weighted by atomic mass is 9.78. The molecule has 1 saturated carbocycles. The van der Waals surface area contributed by atoms with Gasteiger partial charge in [0.05, 0.1) is 5.56 Å². The molecular weight excluding hydrogens is 301 g/mol. The topological polar surface area (TPSA) is 24.9 Å². The fourth-order valence-corrected chi connectivity index (χ4v) is 3.27. The van der Waals surface area contributed by atoms with E-state index in [1.807, 2.05) is 0 Å². The molecule has 1 aliphatic rings. The van der Waals surface area contributed by atoms with Gasteiger partial charge in [-0.3, -0.25) is 0 Å². The van der Waals surface area contributed by atoms with Crippen LogP contribution in [0.4, 0.5) is 19.0 Å². The Morgan fingerprint density at radius 1 is 1.24 bits per heavy atom. The van der Waals surface area contributed by atoms with Gasteiger partial charge >= 0.3 is 6.18 Å². The predicted molar refractivity (Wildman–Crippen MR) is 78.5 cm³/mol. The molecular formula is C15H20ClF3N2. The van der Waals surface area contributed by atoms with Gasteiger partial charge in [-0.2, -0.15) is 13.2 Å². The summed E-state index contributed by atoms with van der Waals surface area (Å²) in [6.45, 7) is 4.30. The number of hydrogen-bond acceptors (Lipinski definition) is 2. The zero-order chi connectivity index (χ0) is 15.6. The third-order valence-corrected chi connectivity index (χ3v) is 4.32. The molecule has 6 heteroatoms. The second-order valence-electron chi connectivity index (χ2n) is 6.00. The molecule has 0 aliphatic heterocycles. The zero-order valence-electron chi connectivity index (χ0n) is 12.2. The summed E-state index contributed by atoms with van der Waals surface area (Å²) in [6, 6.07) is 2.05. The van der Waals surface area contributed by atoms with Gasteiger partial charge in [0.1, 0.15) is 11.0 Å². The first-order chi connectivity index (χ1) is 9.77. The van der Waals surface area contributed by atoms with Crippen molar-refractivity contribution in [3.63, 3.8) is 0 Å². The molecule has 1 N–H and O–H groups in total. The van der Waals surface area contributed by atoms with Crippen LogP contribution in [0, 0.1) is 11.8 Å². The number of anilines is 1. The van der Waals surface area contributed by atoms with E-state index in [9.17, 15) is 13.2 Å². The van der Waals surface area contributed by atoms with E-state index in [-0.39, 0.29) is 17.0 Å². The van der Waals surface area contributed by atoms with E-state index in [2.05, 4.69) is 24.1 Å². The maximum absolute atomic E-state index is 12.8. The first-order valence-electron chi connectivity index (χ1n) is 7.28. The molecule has 0 amide bonds. The molecule has 0 spiro atoms. The Kier molecular flexibility index (Phi) is 5.02. The van der Waals surface area contributed by atoms with Crippen LogP contribution < -0.4 is 5.32 Å². The van der Waals surface area contributed by atoms with Gasteiger partial charge < -0.3 is 5.32 Å². The van der Waals surface area contributed by atoms with Crippen molar-refractivity contribution in [2.24, 2.45) is 11.8 Å². The van der Waals surface area contributed by atoms with Crippen molar-refractivity contribution >= 4 is 17.4 Å².